The van der Waals surface area contributed by atoms with Crippen molar-refractivity contribution in [3.63, 3.8) is 0 Å². The summed E-state index contributed by atoms with van der Waals surface area (Å²) in [6.45, 7) is 16.8. The van der Waals surface area contributed by atoms with Crippen LogP contribution in [-0.4, -0.2) is 80.7 Å². The van der Waals surface area contributed by atoms with E-state index in [2.05, 4.69) is 48.6 Å². The van der Waals surface area contributed by atoms with Gasteiger partial charge in [0.1, 0.15) is 12.0 Å². The first-order chi connectivity index (χ1) is 25.9. The van der Waals surface area contributed by atoms with Crippen LogP contribution in [0.25, 0.3) is 6.08 Å². The van der Waals surface area contributed by atoms with Gasteiger partial charge in [0.05, 0.1) is 43.5 Å². The van der Waals surface area contributed by atoms with Crippen molar-refractivity contribution in [1.29, 1.82) is 0 Å². The Balaban J connectivity index is 1.16. The number of halogens is 1. The Kier molecular flexibility index (Phi) is 15.6. The van der Waals surface area contributed by atoms with E-state index in [0.29, 0.717) is 31.2 Å². The summed E-state index contributed by atoms with van der Waals surface area (Å²) < 4.78 is 34.6. The second-order valence-electron chi connectivity index (χ2n) is 16.9. The Labute approximate surface area is 333 Å². The molecule has 3 aliphatic carbocycles. The topological polar surface area (TPSA) is 107 Å². The molecule has 0 amide bonds. The number of carbonyl (C=O) groups excluding carboxylic acids is 3. The van der Waals surface area contributed by atoms with Gasteiger partial charge in [0.15, 0.2) is 5.60 Å². The summed E-state index contributed by atoms with van der Waals surface area (Å²) in [5.74, 6) is -0.745. The molecule has 0 saturated heterocycles. The van der Waals surface area contributed by atoms with E-state index in [1.165, 1.54) is 33.4 Å². The summed E-state index contributed by atoms with van der Waals surface area (Å²) in [5, 5.41) is 0. The highest BCUT2D eigenvalue weighted by molar-refractivity contribution is 6.17. The van der Waals surface area contributed by atoms with Crippen LogP contribution in [-0.2, 0) is 55.6 Å². The molecule has 0 heterocycles. The van der Waals surface area contributed by atoms with Crippen LogP contribution in [0.15, 0.2) is 53.7 Å². The third-order valence-corrected chi connectivity index (χ3v) is 11.3. The smallest absolute Gasteiger partial charge is 0.337 e. The van der Waals surface area contributed by atoms with Gasteiger partial charge in [-0.25, -0.2) is 4.79 Å². The van der Waals surface area contributed by atoms with Crippen molar-refractivity contribution in [2.24, 2.45) is 10.8 Å². The van der Waals surface area contributed by atoms with Crippen molar-refractivity contribution in [3.05, 3.63) is 75.9 Å². The first kappa shape index (κ1) is 44.5. The van der Waals surface area contributed by atoms with Crippen LogP contribution < -0.4 is 0 Å². The molecule has 9 nitrogen and oxygen atoms in total. The fourth-order valence-electron chi connectivity index (χ4n) is 6.66. The summed E-state index contributed by atoms with van der Waals surface area (Å²) >= 11 is 5.73. The molecule has 1 aromatic carbocycles. The highest BCUT2D eigenvalue weighted by Crippen LogP contribution is 2.47. The van der Waals surface area contributed by atoms with Crippen LogP contribution in [0.1, 0.15) is 116 Å². The standard InChI is InChI=1S/C45H63ClO9/c1-31(2)52-29-45(9,41(49)51-25-13-24-46)30-53-39(47)42(3,4)44(7,8)55-28-14-26-50-40(48)43(5,6)54-27-11-10-15-32-18-19-35-21-20-33-16-12-17-34-22-23-36(32)38(35)37(33)34/h12,16-20,22-23,31,37H,10-11,13-15,21,24-30H2,1-9H3. The van der Waals surface area contributed by atoms with Gasteiger partial charge in [-0.2, -0.15) is 0 Å². The summed E-state index contributed by atoms with van der Waals surface area (Å²) in [4.78, 5) is 39.3. The van der Waals surface area contributed by atoms with Crippen molar-refractivity contribution in [1.82, 2.24) is 0 Å². The number of hydrogen-bond donors (Lipinski definition) is 0. The summed E-state index contributed by atoms with van der Waals surface area (Å²) in [7, 11) is 0. The maximum atomic E-state index is 13.4. The van der Waals surface area contributed by atoms with Crippen LogP contribution in [0.4, 0.5) is 0 Å². The highest BCUT2D eigenvalue weighted by Gasteiger charge is 2.47. The Morgan fingerprint density at radius 2 is 1.47 bits per heavy atom. The van der Waals surface area contributed by atoms with E-state index in [0.717, 1.165) is 25.7 Å². The average molecular weight is 783 g/mol. The molecule has 55 heavy (non-hydrogen) atoms. The lowest BCUT2D eigenvalue weighted by atomic mass is 9.70. The Hall–Kier alpha value is -3.24. The van der Waals surface area contributed by atoms with Gasteiger partial charge in [0, 0.05) is 24.8 Å². The molecule has 0 spiro atoms. The molecule has 1 aromatic rings. The van der Waals surface area contributed by atoms with Crippen molar-refractivity contribution in [2.75, 3.05) is 45.5 Å². The van der Waals surface area contributed by atoms with Gasteiger partial charge in [-0.3, -0.25) is 9.59 Å². The van der Waals surface area contributed by atoms with E-state index >= 15 is 0 Å². The minimum atomic E-state index is -1.19. The summed E-state index contributed by atoms with van der Waals surface area (Å²) in [5.41, 5.74) is 4.08. The van der Waals surface area contributed by atoms with Gasteiger partial charge in [0.2, 0.25) is 0 Å². The van der Waals surface area contributed by atoms with Crippen molar-refractivity contribution < 1.29 is 42.8 Å². The fourth-order valence-corrected chi connectivity index (χ4v) is 6.77. The first-order valence-electron chi connectivity index (χ1n) is 19.8. The fraction of sp³-hybridized carbons (Fsp3) is 0.622. The van der Waals surface area contributed by atoms with Crippen molar-refractivity contribution >= 4 is 35.6 Å². The molecule has 304 valence electrons. The van der Waals surface area contributed by atoms with Gasteiger partial charge in [0.25, 0.3) is 0 Å². The molecule has 0 bridgehead atoms. The van der Waals surface area contributed by atoms with E-state index in [-0.39, 0.29) is 39.1 Å². The van der Waals surface area contributed by atoms with E-state index < -0.39 is 39.9 Å². The number of rotatable bonds is 23. The zero-order valence-corrected chi connectivity index (χ0v) is 35.3. The lowest BCUT2D eigenvalue weighted by molar-refractivity contribution is -0.184. The maximum absolute atomic E-state index is 13.4. The molecule has 4 rings (SSSR count). The zero-order chi connectivity index (χ0) is 40.4. The molecule has 2 atom stereocenters. The number of alkyl halides is 1. The minimum Gasteiger partial charge on any atom is -0.465 e. The number of unbranched alkanes of at least 4 members (excludes halogenated alkanes) is 1. The average Bonchev–Trinajstić information content (AvgIpc) is 3.15. The lowest BCUT2D eigenvalue weighted by Gasteiger charge is -2.40. The number of aryl methyl sites for hydroxylation is 1. The molecule has 0 aliphatic heterocycles. The van der Waals surface area contributed by atoms with Gasteiger partial charge < -0.3 is 28.4 Å². The Morgan fingerprint density at radius 3 is 2.20 bits per heavy atom. The highest BCUT2D eigenvalue weighted by atomic mass is 35.5. The van der Waals surface area contributed by atoms with E-state index in [4.69, 9.17) is 40.0 Å². The lowest BCUT2D eigenvalue weighted by Crippen LogP contribution is -2.49. The molecular formula is C45H63ClO9. The molecule has 0 N–H and O–H groups in total. The molecule has 0 radical (unpaired) electrons. The predicted molar refractivity (Wildman–Crippen MR) is 216 cm³/mol. The van der Waals surface area contributed by atoms with E-state index in [1.54, 1.807) is 34.6 Å². The molecule has 0 aromatic heterocycles. The van der Waals surface area contributed by atoms with Gasteiger partial charge in [-0.05, 0) is 128 Å². The monoisotopic (exact) mass is 782 g/mol. The number of hydrogen-bond acceptors (Lipinski definition) is 9. The number of benzene rings is 1. The van der Waals surface area contributed by atoms with Gasteiger partial charge >= 0.3 is 17.9 Å². The first-order valence-corrected chi connectivity index (χ1v) is 20.3. The molecule has 3 aliphatic rings. The molecule has 10 heteroatoms. The predicted octanol–water partition coefficient (Wildman–Crippen LogP) is 8.79. The van der Waals surface area contributed by atoms with Gasteiger partial charge in [-0.15, -0.1) is 11.6 Å². The number of carbonyl (C=O) groups is 3. The molecular weight excluding hydrogens is 720 g/mol. The van der Waals surface area contributed by atoms with E-state index in [1.807, 2.05) is 27.7 Å². The van der Waals surface area contributed by atoms with Crippen molar-refractivity contribution in [3.8, 4) is 0 Å². The Morgan fingerprint density at radius 1 is 0.764 bits per heavy atom. The largest absolute Gasteiger partial charge is 0.465 e. The molecule has 2 unspecified atom stereocenters. The number of esters is 3. The molecule has 0 fully saturated rings. The summed E-state index contributed by atoms with van der Waals surface area (Å²) in [6.07, 6.45) is 18.0. The van der Waals surface area contributed by atoms with Crippen LogP contribution in [0.2, 0.25) is 0 Å². The normalized spacial score (nSPS) is 17.3. The Bertz CT molecular complexity index is 1650. The van der Waals surface area contributed by atoms with Crippen LogP contribution in [0, 0.1) is 10.8 Å². The number of ether oxygens (including phenoxy) is 6. The van der Waals surface area contributed by atoms with E-state index in [9.17, 15) is 14.4 Å². The van der Waals surface area contributed by atoms with Crippen LogP contribution in [0.3, 0.4) is 0 Å². The third-order valence-electron chi connectivity index (χ3n) is 11.1. The zero-order valence-electron chi connectivity index (χ0n) is 34.5. The van der Waals surface area contributed by atoms with Crippen LogP contribution in [0.5, 0.6) is 0 Å². The second kappa shape index (κ2) is 19.3. The SMILES string of the molecule is CC(C)OCC(C)(COC(=O)C(C)(C)C(C)(C)OCCCOC(=O)C(C)(C)OCCCCc1ccc2c3c1C=CC1=CC=CC(=CC2)C13)C(=O)OCCCCl. The van der Waals surface area contributed by atoms with Gasteiger partial charge in [-0.1, -0.05) is 48.6 Å². The quantitative estimate of drug-likeness (QED) is 0.0466. The molecule has 0 saturated carbocycles. The number of allylic oxidation sites excluding steroid dienone is 7. The summed E-state index contributed by atoms with van der Waals surface area (Å²) in [6, 6.07) is 4.57. The maximum Gasteiger partial charge on any atom is 0.337 e. The van der Waals surface area contributed by atoms with Crippen LogP contribution >= 0.6 is 11.6 Å². The third kappa shape index (κ3) is 11.2. The second-order valence-corrected chi connectivity index (χ2v) is 17.3. The minimum absolute atomic E-state index is 0.0312. The van der Waals surface area contributed by atoms with Crippen molar-refractivity contribution in [2.45, 2.75) is 124 Å².